The Balaban J connectivity index is 1.64. The van der Waals surface area contributed by atoms with Crippen molar-refractivity contribution in [2.75, 3.05) is 6.54 Å². The summed E-state index contributed by atoms with van der Waals surface area (Å²) in [6.45, 7) is 6.30. The lowest BCUT2D eigenvalue weighted by Crippen LogP contribution is -2.35. The van der Waals surface area contributed by atoms with Crippen LogP contribution in [0.5, 0.6) is 0 Å². The van der Waals surface area contributed by atoms with E-state index in [9.17, 15) is 0 Å². The van der Waals surface area contributed by atoms with E-state index in [0.29, 0.717) is 0 Å². The van der Waals surface area contributed by atoms with E-state index in [1.807, 2.05) is 23.0 Å². The highest BCUT2D eigenvalue weighted by molar-refractivity contribution is 7.16. The van der Waals surface area contributed by atoms with E-state index in [4.69, 9.17) is 11.6 Å². The lowest BCUT2D eigenvalue weighted by Gasteiger charge is -2.34. The maximum Gasteiger partial charge on any atom is 0.0931 e. The Morgan fingerprint density at radius 3 is 3.17 bits per heavy atom. The average Bonchev–Trinajstić information content (AvgIpc) is 3.29. The van der Waals surface area contributed by atoms with Gasteiger partial charge < -0.3 is 4.98 Å². The Hall–Kier alpha value is -1.89. The predicted molar refractivity (Wildman–Crippen MR) is 96.3 cm³/mol. The fourth-order valence-electron chi connectivity index (χ4n) is 3.24. The van der Waals surface area contributed by atoms with E-state index in [1.54, 1.807) is 17.7 Å². The third-order valence-corrected chi connectivity index (χ3v) is 5.56. The number of hydrogen-bond acceptors (Lipinski definition) is 4. The molecular formula is C17H18ClN5S. The van der Waals surface area contributed by atoms with E-state index in [0.717, 1.165) is 36.1 Å². The van der Waals surface area contributed by atoms with Crippen molar-refractivity contribution < 1.29 is 0 Å². The van der Waals surface area contributed by atoms with Crippen molar-refractivity contribution in [3.05, 3.63) is 69.7 Å². The molecule has 1 atom stereocenters. The fourth-order valence-corrected chi connectivity index (χ4v) is 4.44. The molecule has 1 aliphatic heterocycles. The first-order valence-corrected chi connectivity index (χ1v) is 9.07. The number of nitrogens with one attached hydrogen (secondary N) is 1. The van der Waals surface area contributed by atoms with Crippen molar-refractivity contribution in [1.82, 2.24) is 24.6 Å². The van der Waals surface area contributed by atoms with Crippen LogP contribution in [-0.4, -0.2) is 31.2 Å². The number of fused-ring (bicyclic) bond motifs is 1. The molecule has 5 nitrogen and oxygen atoms in total. The Labute approximate surface area is 149 Å². The summed E-state index contributed by atoms with van der Waals surface area (Å²) in [5, 5.41) is 4.39. The summed E-state index contributed by atoms with van der Waals surface area (Å²) >= 11 is 7.80. The summed E-state index contributed by atoms with van der Waals surface area (Å²) in [6.07, 6.45) is 8.64. The summed E-state index contributed by atoms with van der Waals surface area (Å²) < 4.78 is 2.72. The lowest BCUT2D eigenvalue weighted by atomic mass is 10.0. The Morgan fingerprint density at radius 1 is 1.46 bits per heavy atom. The largest absolute Gasteiger partial charge is 0.348 e. The summed E-state index contributed by atoms with van der Waals surface area (Å²) in [6, 6.07) is 4.21. The van der Waals surface area contributed by atoms with Crippen molar-refractivity contribution in [3.63, 3.8) is 0 Å². The van der Waals surface area contributed by atoms with Crippen LogP contribution in [0.2, 0.25) is 4.34 Å². The summed E-state index contributed by atoms with van der Waals surface area (Å²) in [5.41, 5.74) is 3.53. The van der Waals surface area contributed by atoms with Crippen molar-refractivity contribution in [1.29, 1.82) is 0 Å². The molecule has 0 radical (unpaired) electrons. The molecule has 1 N–H and O–H groups in total. The zero-order valence-electron chi connectivity index (χ0n) is 13.2. The average molecular weight is 360 g/mol. The highest BCUT2D eigenvalue weighted by Gasteiger charge is 2.32. The lowest BCUT2D eigenvalue weighted by molar-refractivity contribution is 0.203. The molecular weight excluding hydrogens is 342 g/mol. The molecule has 3 aromatic rings. The van der Waals surface area contributed by atoms with Crippen LogP contribution in [0.15, 0.2) is 43.5 Å². The molecule has 0 amide bonds. The number of thiophene rings is 1. The highest BCUT2D eigenvalue weighted by atomic mass is 35.5. The Kier molecular flexibility index (Phi) is 4.26. The second kappa shape index (κ2) is 6.55. The summed E-state index contributed by atoms with van der Waals surface area (Å²) in [5.74, 6) is 0. The summed E-state index contributed by atoms with van der Waals surface area (Å²) in [7, 11) is 0. The van der Waals surface area contributed by atoms with E-state index in [-0.39, 0.29) is 6.04 Å². The van der Waals surface area contributed by atoms with Crippen LogP contribution in [-0.2, 0) is 19.5 Å². The van der Waals surface area contributed by atoms with E-state index >= 15 is 0 Å². The smallest absolute Gasteiger partial charge is 0.0931 e. The number of hydrogen-bond donors (Lipinski definition) is 1. The minimum atomic E-state index is 0.139. The number of halogens is 1. The SMILES string of the molecule is C=CCn1cc(CN2CCc3[nH]cnc3C2c2ccc(Cl)s2)cn1. The number of aromatic nitrogens is 4. The number of rotatable bonds is 5. The van der Waals surface area contributed by atoms with Crippen molar-refractivity contribution in [3.8, 4) is 0 Å². The number of H-pyrrole nitrogens is 1. The minimum Gasteiger partial charge on any atom is -0.348 e. The van der Waals surface area contributed by atoms with Gasteiger partial charge in [-0.15, -0.1) is 17.9 Å². The van der Waals surface area contributed by atoms with Gasteiger partial charge in [-0.2, -0.15) is 5.10 Å². The third kappa shape index (κ3) is 2.92. The minimum absolute atomic E-state index is 0.139. The number of nitrogens with zero attached hydrogens (tertiary/aromatic N) is 4. The molecule has 7 heteroatoms. The van der Waals surface area contributed by atoms with Gasteiger partial charge in [0.1, 0.15) is 0 Å². The first-order valence-electron chi connectivity index (χ1n) is 7.88. The molecule has 0 spiro atoms. The van der Waals surface area contributed by atoms with Gasteiger partial charge in [0, 0.05) is 41.8 Å². The van der Waals surface area contributed by atoms with Crippen LogP contribution in [0.4, 0.5) is 0 Å². The van der Waals surface area contributed by atoms with Gasteiger partial charge in [-0.3, -0.25) is 9.58 Å². The Morgan fingerprint density at radius 2 is 2.38 bits per heavy atom. The monoisotopic (exact) mass is 359 g/mol. The van der Waals surface area contributed by atoms with E-state index in [2.05, 4.69) is 38.8 Å². The second-order valence-corrected chi connectivity index (χ2v) is 7.64. The maximum absolute atomic E-state index is 6.18. The van der Waals surface area contributed by atoms with Gasteiger partial charge in [0.2, 0.25) is 0 Å². The van der Waals surface area contributed by atoms with Gasteiger partial charge in [-0.1, -0.05) is 17.7 Å². The van der Waals surface area contributed by atoms with Gasteiger partial charge in [0.25, 0.3) is 0 Å². The van der Waals surface area contributed by atoms with Gasteiger partial charge in [-0.05, 0) is 12.1 Å². The molecule has 0 saturated heterocycles. The molecule has 4 rings (SSSR count). The molecule has 0 saturated carbocycles. The number of imidazole rings is 1. The van der Waals surface area contributed by atoms with Crippen molar-refractivity contribution >= 4 is 22.9 Å². The van der Waals surface area contributed by atoms with Crippen LogP contribution in [0.3, 0.4) is 0 Å². The second-order valence-electron chi connectivity index (χ2n) is 5.89. The molecule has 3 aromatic heterocycles. The number of aromatic amines is 1. The molecule has 4 heterocycles. The first kappa shape index (κ1) is 15.6. The molecule has 24 heavy (non-hydrogen) atoms. The quantitative estimate of drug-likeness (QED) is 0.707. The third-order valence-electron chi connectivity index (χ3n) is 4.28. The fraction of sp³-hybridized carbons (Fsp3) is 0.294. The topological polar surface area (TPSA) is 49.7 Å². The van der Waals surface area contributed by atoms with Crippen LogP contribution in [0, 0.1) is 0 Å². The Bertz CT molecular complexity index is 849. The van der Waals surface area contributed by atoms with Crippen LogP contribution >= 0.6 is 22.9 Å². The normalized spacial score (nSPS) is 17.8. The van der Waals surface area contributed by atoms with Crippen molar-refractivity contribution in [2.45, 2.75) is 25.6 Å². The zero-order chi connectivity index (χ0) is 16.5. The standard InChI is InChI=1S/C17H18ClN5S/c1-2-6-23-10-12(8-21-23)9-22-7-5-13-16(20-11-19-13)17(22)14-3-4-15(18)24-14/h2-4,8,10-11,17H,1,5-7,9H2,(H,19,20). The zero-order valence-corrected chi connectivity index (χ0v) is 14.7. The highest BCUT2D eigenvalue weighted by Crippen LogP contribution is 2.38. The molecule has 0 fully saturated rings. The van der Waals surface area contributed by atoms with E-state index in [1.165, 1.54) is 16.1 Å². The molecule has 0 aromatic carbocycles. The first-order chi connectivity index (χ1) is 11.7. The summed E-state index contributed by atoms with van der Waals surface area (Å²) in [4.78, 5) is 11.5. The van der Waals surface area contributed by atoms with Gasteiger partial charge in [0.05, 0.1) is 35.1 Å². The molecule has 1 aliphatic rings. The van der Waals surface area contributed by atoms with Gasteiger partial charge >= 0.3 is 0 Å². The van der Waals surface area contributed by atoms with Crippen LogP contribution in [0.1, 0.15) is 27.9 Å². The molecule has 124 valence electrons. The molecule has 0 bridgehead atoms. The van der Waals surface area contributed by atoms with Crippen LogP contribution in [0.25, 0.3) is 0 Å². The maximum atomic E-state index is 6.18. The van der Waals surface area contributed by atoms with Crippen molar-refractivity contribution in [2.24, 2.45) is 0 Å². The van der Waals surface area contributed by atoms with Crippen LogP contribution < -0.4 is 0 Å². The van der Waals surface area contributed by atoms with Gasteiger partial charge in [0.15, 0.2) is 0 Å². The number of allylic oxidation sites excluding steroid dienone is 1. The van der Waals surface area contributed by atoms with Gasteiger partial charge in [-0.25, -0.2) is 4.98 Å². The predicted octanol–water partition coefficient (Wildman–Crippen LogP) is 3.65. The molecule has 0 aliphatic carbocycles. The molecule has 1 unspecified atom stereocenters. The van der Waals surface area contributed by atoms with E-state index < -0.39 is 0 Å².